The monoisotopic (exact) mass is 196 g/mol. The van der Waals surface area contributed by atoms with Gasteiger partial charge in [0.2, 0.25) is 5.91 Å². The highest BCUT2D eigenvalue weighted by atomic mass is 16.1. The van der Waals surface area contributed by atoms with Crippen LogP contribution in [0.5, 0.6) is 0 Å². The molecule has 1 aliphatic rings. The van der Waals surface area contributed by atoms with Crippen LogP contribution in [0, 0.1) is 0 Å². The van der Waals surface area contributed by atoms with Crippen LogP contribution in [0.1, 0.15) is 32.1 Å². The molecular weight excluding hydrogens is 176 g/mol. The maximum absolute atomic E-state index is 11.2. The van der Waals surface area contributed by atoms with E-state index >= 15 is 0 Å². The SMILES string of the molecule is C=CCCC(=O)NCCC1CCCN1. The molecule has 1 aliphatic heterocycles. The fraction of sp³-hybridized carbons (Fsp3) is 0.727. The van der Waals surface area contributed by atoms with Crippen LogP contribution in [0.3, 0.4) is 0 Å². The van der Waals surface area contributed by atoms with E-state index in [1.165, 1.54) is 12.8 Å². The molecular formula is C11H20N2O. The summed E-state index contributed by atoms with van der Waals surface area (Å²) in [5, 5.41) is 6.32. The number of hydrogen-bond donors (Lipinski definition) is 2. The van der Waals surface area contributed by atoms with E-state index in [9.17, 15) is 4.79 Å². The molecule has 0 aromatic rings. The van der Waals surface area contributed by atoms with Crippen molar-refractivity contribution in [2.75, 3.05) is 13.1 Å². The zero-order valence-corrected chi connectivity index (χ0v) is 8.72. The minimum absolute atomic E-state index is 0.142. The Morgan fingerprint density at radius 2 is 2.50 bits per heavy atom. The maximum atomic E-state index is 11.2. The van der Waals surface area contributed by atoms with Crippen molar-refractivity contribution in [2.24, 2.45) is 0 Å². The average molecular weight is 196 g/mol. The van der Waals surface area contributed by atoms with E-state index in [1.807, 2.05) is 0 Å². The van der Waals surface area contributed by atoms with E-state index in [-0.39, 0.29) is 5.91 Å². The molecule has 3 nitrogen and oxygen atoms in total. The van der Waals surface area contributed by atoms with Crippen LogP contribution in [-0.4, -0.2) is 25.0 Å². The van der Waals surface area contributed by atoms with Gasteiger partial charge in [-0.15, -0.1) is 6.58 Å². The van der Waals surface area contributed by atoms with Crippen molar-refractivity contribution in [3.63, 3.8) is 0 Å². The van der Waals surface area contributed by atoms with Gasteiger partial charge in [0.15, 0.2) is 0 Å². The van der Waals surface area contributed by atoms with Crippen LogP contribution in [0.15, 0.2) is 12.7 Å². The molecule has 0 spiro atoms. The molecule has 1 saturated heterocycles. The summed E-state index contributed by atoms with van der Waals surface area (Å²) in [6, 6.07) is 0.620. The first-order valence-corrected chi connectivity index (χ1v) is 5.44. The zero-order valence-electron chi connectivity index (χ0n) is 8.72. The largest absolute Gasteiger partial charge is 0.356 e. The molecule has 0 saturated carbocycles. The Morgan fingerprint density at radius 3 is 3.14 bits per heavy atom. The third-order valence-electron chi connectivity index (χ3n) is 2.55. The van der Waals surface area contributed by atoms with Gasteiger partial charge in [-0.05, 0) is 32.2 Å². The minimum Gasteiger partial charge on any atom is -0.356 e. The Balaban J connectivity index is 1.96. The smallest absolute Gasteiger partial charge is 0.220 e. The fourth-order valence-electron chi connectivity index (χ4n) is 1.71. The summed E-state index contributed by atoms with van der Waals surface area (Å²) in [5.41, 5.74) is 0. The van der Waals surface area contributed by atoms with Crippen LogP contribution < -0.4 is 10.6 Å². The number of carbonyl (C=O) groups excluding carboxylic acids is 1. The highest BCUT2D eigenvalue weighted by Crippen LogP contribution is 2.07. The van der Waals surface area contributed by atoms with Crippen molar-refractivity contribution < 1.29 is 4.79 Å². The standard InChI is InChI=1S/C11H20N2O/c1-2-3-6-11(14)13-9-7-10-5-4-8-12-10/h2,10,12H,1,3-9H2,(H,13,14). The second-order valence-corrected chi connectivity index (χ2v) is 3.76. The highest BCUT2D eigenvalue weighted by molar-refractivity contribution is 5.75. The third-order valence-corrected chi connectivity index (χ3v) is 2.55. The van der Waals surface area contributed by atoms with Gasteiger partial charge in [-0.3, -0.25) is 4.79 Å². The lowest BCUT2D eigenvalue weighted by Gasteiger charge is -2.10. The number of amides is 1. The predicted molar refractivity (Wildman–Crippen MR) is 58.1 cm³/mol. The molecule has 0 aromatic heterocycles. The molecule has 0 bridgehead atoms. The van der Waals surface area contributed by atoms with Crippen molar-refractivity contribution in [2.45, 2.75) is 38.1 Å². The molecule has 1 fully saturated rings. The Morgan fingerprint density at radius 1 is 1.64 bits per heavy atom. The van der Waals surface area contributed by atoms with E-state index in [0.29, 0.717) is 12.5 Å². The van der Waals surface area contributed by atoms with Gasteiger partial charge in [0, 0.05) is 19.0 Å². The van der Waals surface area contributed by atoms with E-state index in [0.717, 1.165) is 25.9 Å². The number of hydrogen-bond acceptors (Lipinski definition) is 2. The molecule has 1 atom stereocenters. The fourth-order valence-corrected chi connectivity index (χ4v) is 1.71. The van der Waals surface area contributed by atoms with Gasteiger partial charge >= 0.3 is 0 Å². The normalized spacial score (nSPS) is 20.7. The first-order valence-electron chi connectivity index (χ1n) is 5.44. The summed E-state index contributed by atoms with van der Waals surface area (Å²) in [4.78, 5) is 11.2. The van der Waals surface area contributed by atoms with Crippen LogP contribution >= 0.6 is 0 Å². The minimum atomic E-state index is 0.142. The quantitative estimate of drug-likeness (QED) is 0.627. The van der Waals surface area contributed by atoms with Crippen molar-refractivity contribution in [3.05, 3.63) is 12.7 Å². The molecule has 14 heavy (non-hydrogen) atoms. The number of carbonyl (C=O) groups is 1. The lowest BCUT2D eigenvalue weighted by Crippen LogP contribution is -2.30. The Hall–Kier alpha value is -0.830. The first-order chi connectivity index (χ1) is 6.83. The molecule has 0 aromatic carbocycles. The predicted octanol–water partition coefficient (Wildman–Crippen LogP) is 1.21. The number of rotatable bonds is 6. The molecule has 1 unspecified atom stereocenters. The molecule has 80 valence electrons. The zero-order chi connectivity index (χ0) is 10.2. The van der Waals surface area contributed by atoms with Crippen molar-refractivity contribution in [1.82, 2.24) is 10.6 Å². The Bertz CT molecular complexity index is 186. The lowest BCUT2D eigenvalue weighted by atomic mass is 10.1. The van der Waals surface area contributed by atoms with Crippen molar-refractivity contribution in [3.8, 4) is 0 Å². The number of allylic oxidation sites excluding steroid dienone is 1. The lowest BCUT2D eigenvalue weighted by molar-refractivity contribution is -0.121. The molecule has 1 rings (SSSR count). The molecule has 0 radical (unpaired) electrons. The van der Waals surface area contributed by atoms with E-state index in [1.54, 1.807) is 6.08 Å². The average Bonchev–Trinajstić information content (AvgIpc) is 2.67. The molecule has 1 amide bonds. The third kappa shape index (κ3) is 4.42. The van der Waals surface area contributed by atoms with Crippen LogP contribution in [0.2, 0.25) is 0 Å². The van der Waals surface area contributed by atoms with Gasteiger partial charge in [0.05, 0.1) is 0 Å². The molecule has 1 heterocycles. The van der Waals surface area contributed by atoms with Crippen molar-refractivity contribution in [1.29, 1.82) is 0 Å². The van der Waals surface area contributed by atoms with Gasteiger partial charge < -0.3 is 10.6 Å². The van der Waals surface area contributed by atoms with E-state index in [2.05, 4.69) is 17.2 Å². The Kier molecular flexibility index (Phi) is 5.30. The summed E-state index contributed by atoms with van der Waals surface area (Å²) in [6.07, 6.45) is 6.70. The van der Waals surface area contributed by atoms with Gasteiger partial charge in [0.1, 0.15) is 0 Å². The Labute approximate surface area is 86.0 Å². The first kappa shape index (κ1) is 11.2. The maximum Gasteiger partial charge on any atom is 0.220 e. The van der Waals surface area contributed by atoms with E-state index < -0.39 is 0 Å². The summed E-state index contributed by atoms with van der Waals surface area (Å²) < 4.78 is 0. The van der Waals surface area contributed by atoms with Crippen molar-refractivity contribution >= 4 is 5.91 Å². The van der Waals surface area contributed by atoms with E-state index in [4.69, 9.17) is 0 Å². The van der Waals surface area contributed by atoms with Gasteiger partial charge in [0.25, 0.3) is 0 Å². The second-order valence-electron chi connectivity index (χ2n) is 3.76. The summed E-state index contributed by atoms with van der Waals surface area (Å²) >= 11 is 0. The van der Waals surface area contributed by atoms with Crippen LogP contribution in [-0.2, 0) is 4.79 Å². The summed E-state index contributed by atoms with van der Waals surface area (Å²) in [5.74, 6) is 0.142. The van der Waals surface area contributed by atoms with Gasteiger partial charge in [-0.25, -0.2) is 0 Å². The molecule has 3 heteroatoms. The van der Waals surface area contributed by atoms with Crippen LogP contribution in [0.25, 0.3) is 0 Å². The van der Waals surface area contributed by atoms with Crippen LogP contribution in [0.4, 0.5) is 0 Å². The molecule has 0 aliphatic carbocycles. The van der Waals surface area contributed by atoms with Gasteiger partial charge in [-0.2, -0.15) is 0 Å². The highest BCUT2D eigenvalue weighted by Gasteiger charge is 2.13. The summed E-state index contributed by atoms with van der Waals surface area (Å²) in [7, 11) is 0. The second kappa shape index (κ2) is 6.60. The van der Waals surface area contributed by atoms with Gasteiger partial charge in [-0.1, -0.05) is 6.08 Å². The topological polar surface area (TPSA) is 41.1 Å². The summed E-state index contributed by atoms with van der Waals surface area (Å²) in [6.45, 7) is 5.52. The number of nitrogens with one attached hydrogen (secondary N) is 2. The molecule has 2 N–H and O–H groups in total.